The molecule has 2 aromatic carbocycles. The van der Waals surface area contributed by atoms with Crippen molar-refractivity contribution < 1.29 is 9.50 Å². The lowest BCUT2D eigenvalue weighted by Gasteiger charge is -2.36. The minimum Gasteiger partial charge on any atom is -0.392 e. The fourth-order valence-corrected chi connectivity index (χ4v) is 2.98. The van der Waals surface area contributed by atoms with E-state index in [1.807, 2.05) is 24.3 Å². The third-order valence-corrected chi connectivity index (χ3v) is 4.50. The van der Waals surface area contributed by atoms with Crippen LogP contribution >= 0.6 is 24.0 Å². The molecule has 2 aromatic rings. The van der Waals surface area contributed by atoms with Crippen LogP contribution in [0.5, 0.6) is 0 Å². The van der Waals surface area contributed by atoms with E-state index in [9.17, 15) is 9.50 Å². The molecule has 7 heteroatoms. The molecular weight excluding hydrogens is 446 g/mol. The van der Waals surface area contributed by atoms with Gasteiger partial charge in [-0.2, -0.15) is 0 Å². The van der Waals surface area contributed by atoms with Gasteiger partial charge in [0.2, 0.25) is 0 Å². The zero-order chi connectivity index (χ0) is 17.6. The molecule has 3 rings (SSSR count). The van der Waals surface area contributed by atoms with Crippen molar-refractivity contribution in [3.8, 4) is 0 Å². The first kappa shape index (κ1) is 20.4. The van der Waals surface area contributed by atoms with E-state index in [1.165, 1.54) is 12.1 Å². The molecule has 0 saturated carbocycles. The van der Waals surface area contributed by atoms with E-state index < -0.39 is 0 Å². The second-order valence-corrected chi connectivity index (χ2v) is 6.05. The van der Waals surface area contributed by atoms with Crippen LogP contribution < -0.4 is 10.6 Å². The van der Waals surface area contributed by atoms with Crippen LogP contribution in [0.2, 0.25) is 0 Å². The highest BCUT2D eigenvalue weighted by atomic mass is 127. The van der Waals surface area contributed by atoms with Gasteiger partial charge in [0, 0.05) is 31.9 Å². The summed E-state index contributed by atoms with van der Waals surface area (Å²) in [5.41, 5.74) is 9.02. The first-order valence-electron chi connectivity index (χ1n) is 8.40. The van der Waals surface area contributed by atoms with Gasteiger partial charge in [0.1, 0.15) is 5.82 Å². The van der Waals surface area contributed by atoms with Gasteiger partial charge in [0.15, 0.2) is 5.96 Å². The molecule has 1 saturated heterocycles. The third-order valence-electron chi connectivity index (χ3n) is 4.50. The minimum atomic E-state index is -0.220. The van der Waals surface area contributed by atoms with Crippen molar-refractivity contribution in [2.24, 2.45) is 10.7 Å². The normalized spacial score (nSPS) is 14.9. The van der Waals surface area contributed by atoms with Crippen molar-refractivity contribution in [1.82, 2.24) is 4.90 Å². The van der Waals surface area contributed by atoms with Gasteiger partial charge in [-0.1, -0.05) is 24.3 Å². The number of aliphatic imine (C=N–C) groups is 1. The van der Waals surface area contributed by atoms with Gasteiger partial charge >= 0.3 is 0 Å². The van der Waals surface area contributed by atoms with Crippen molar-refractivity contribution in [1.29, 1.82) is 0 Å². The Morgan fingerprint density at radius 1 is 1.00 bits per heavy atom. The third kappa shape index (κ3) is 5.07. The quantitative estimate of drug-likeness (QED) is 0.410. The molecule has 3 N–H and O–H groups in total. The highest BCUT2D eigenvalue weighted by molar-refractivity contribution is 14.0. The summed E-state index contributed by atoms with van der Waals surface area (Å²) in [6, 6.07) is 14.2. The van der Waals surface area contributed by atoms with Crippen LogP contribution in [0.25, 0.3) is 0 Å². The number of anilines is 1. The predicted molar refractivity (Wildman–Crippen MR) is 113 cm³/mol. The highest BCUT2D eigenvalue weighted by Gasteiger charge is 2.18. The van der Waals surface area contributed by atoms with E-state index in [-0.39, 0.29) is 36.4 Å². The molecule has 140 valence electrons. The minimum absolute atomic E-state index is 0. The molecule has 0 aliphatic carbocycles. The average Bonchev–Trinajstić information content (AvgIpc) is 2.67. The lowest BCUT2D eigenvalue weighted by Crippen LogP contribution is -2.51. The van der Waals surface area contributed by atoms with Crippen LogP contribution in [0, 0.1) is 5.82 Å². The zero-order valence-corrected chi connectivity index (χ0v) is 16.8. The Bertz CT molecular complexity index is 731. The average molecular weight is 470 g/mol. The maximum absolute atomic E-state index is 13.0. The first-order chi connectivity index (χ1) is 12.2. The number of aliphatic hydroxyl groups excluding tert-OH is 1. The standard InChI is InChI=1S/C19H23FN4O.HI/c20-17-5-7-18(8-6-17)23-9-11-24(12-10-23)19(21)22-13-15-3-1-2-4-16(15)14-25;/h1-8,25H,9-14H2,(H2,21,22);1H. The van der Waals surface area contributed by atoms with Crippen molar-refractivity contribution in [3.63, 3.8) is 0 Å². The Morgan fingerprint density at radius 2 is 1.62 bits per heavy atom. The first-order valence-corrected chi connectivity index (χ1v) is 8.40. The molecule has 1 aliphatic rings. The van der Waals surface area contributed by atoms with Crippen LogP contribution in [0.4, 0.5) is 10.1 Å². The van der Waals surface area contributed by atoms with Crippen LogP contribution in [-0.2, 0) is 13.2 Å². The maximum Gasteiger partial charge on any atom is 0.191 e. The number of nitrogens with two attached hydrogens (primary N) is 1. The molecule has 0 amide bonds. The zero-order valence-electron chi connectivity index (χ0n) is 14.5. The molecule has 1 aliphatic heterocycles. The largest absolute Gasteiger partial charge is 0.392 e. The van der Waals surface area contributed by atoms with Crippen molar-refractivity contribution in [3.05, 3.63) is 65.5 Å². The highest BCUT2D eigenvalue weighted by Crippen LogP contribution is 2.17. The van der Waals surface area contributed by atoms with E-state index in [0.29, 0.717) is 12.5 Å². The van der Waals surface area contributed by atoms with Crippen LogP contribution in [-0.4, -0.2) is 42.1 Å². The summed E-state index contributed by atoms with van der Waals surface area (Å²) in [5, 5.41) is 9.37. The Kier molecular flexibility index (Phi) is 7.65. The van der Waals surface area contributed by atoms with Gasteiger partial charge < -0.3 is 20.6 Å². The molecule has 0 spiro atoms. The second kappa shape index (κ2) is 9.72. The molecule has 0 unspecified atom stereocenters. The number of nitrogens with zero attached hydrogens (tertiary/aromatic N) is 3. The summed E-state index contributed by atoms with van der Waals surface area (Å²) >= 11 is 0. The van der Waals surface area contributed by atoms with Crippen molar-refractivity contribution >= 4 is 35.6 Å². The van der Waals surface area contributed by atoms with E-state index in [0.717, 1.165) is 43.0 Å². The van der Waals surface area contributed by atoms with Crippen LogP contribution in [0.1, 0.15) is 11.1 Å². The van der Waals surface area contributed by atoms with Gasteiger partial charge in [-0.25, -0.2) is 9.38 Å². The number of hydrogen-bond acceptors (Lipinski definition) is 3. The number of piperazine rings is 1. The van der Waals surface area contributed by atoms with E-state index in [1.54, 1.807) is 12.1 Å². The number of halogens is 2. The summed E-state index contributed by atoms with van der Waals surface area (Å²) in [6.07, 6.45) is 0. The SMILES string of the molecule is I.NC(=NCc1ccccc1CO)N1CCN(c2ccc(F)cc2)CC1. The lowest BCUT2D eigenvalue weighted by molar-refractivity contribution is 0.280. The fourth-order valence-electron chi connectivity index (χ4n) is 2.98. The Hall–Kier alpha value is -1.87. The molecule has 1 fully saturated rings. The molecule has 0 aromatic heterocycles. The topological polar surface area (TPSA) is 65.1 Å². The van der Waals surface area contributed by atoms with Gasteiger partial charge in [-0.05, 0) is 35.4 Å². The Labute approximate surface area is 170 Å². The van der Waals surface area contributed by atoms with E-state index in [2.05, 4.69) is 14.8 Å². The van der Waals surface area contributed by atoms with Crippen molar-refractivity contribution in [2.75, 3.05) is 31.1 Å². The number of benzene rings is 2. The summed E-state index contributed by atoms with van der Waals surface area (Å²) in [7, 11) is 0. The summed E-state index contributed by atoms with van der Waals surface area (Å²) in [6.45, 7) is 3.63. The molecule has 1 heterocycles. The predicted octanol–water partition coefficient (Wildman–Crippen LogP) is 2.57. The number of hydrogen-bond donors (Lipinski definition) is 2. The molecule has 0 bridgehead atoms. The van der Waals surface area contributed by atoms with E-state index >= 15 is 0 Å². The fraction of sp³-hybridized carbons (Fsp3) is 0.316. The van der Waals surface area contributed by atoms with Crippen LogP contribution in [0.3, 0.4) is 0 Å². The second-order valence-electron chi connectivity index (χ2n) is 6.05. The molecule has 0 radical (unpaired) electrons. The van der Waals surface area contributed by atoms with Gasteiger partial charge in [-0.15, -0.1) is 24.0 Å². The number of aliphatic hydroxyl groups is 1. The summed E-state index contributed by atoms with van der Waals surface area (Å²) in [5.74, 6) is 0.299. The van der Waals surface area contributed by atoms with Gasteiger partial charge in [-0.3, -0.25) is 0 Å². The Morgan fingerprint density at radius 3 is 2.23 bits per heavy atom. The number of rotatable bonds is 4. The maximum atomic E-state index is 13.0. The molecule has 0 atom stereocenters. The molecule has 5 nitrogen and oxygen atoms in total. The van der Waals surface area contributed by atoms with Crippen LogP contribution in [0.15, 0.2) is 53.5 Å². The Balaban J connectivity index is 0.00000243. The molecular formula is C19H24FIN4O. The lowest BCUT2D eigenvalue weighted by atomic mass is 10.1. The molecule has 26 heavy (non-hydrogen) atoms. The smallest absolute Gasteiger partial charge is 0.191 e. The summed E-state index contributed by atoms with van der Waals surface area (Å²) < 4.78 is 13.0. The summed E-state index contributed by atoms with van der Waals surface area (Å²) in [4.78, 5) is 8.75. The van der Waals surface area contributed by atoms with Crippen molar-refractivity contribution in [2.45, 2.75) is 13.2 Å². The van der Waals surface area contributed by atoms with Gasteiger partial charge in [0.05, 0.1) is 13.2 Å². The number of guanidine groups is 1. The monoisotopic (exact) mass is 470 g/mol. The van der Waals surface area contributed by atoms with E-state index in [4.69, 9.17) is 5.73 Å². The van der Waals surface area contributed by atoms with Gasteiger partial charge in [0.25, 0.3) is 0 Å².